The van der Waals surface area contributed by atoms with Crippen LogP contribution in [0.2, 0.25) is 0 Å². The highest BCUT2D eigenvalue weighted by Crippen LogP contribution is 2.46. The van der Waals surface area contributed by atoms with E-state index in [2.05, 4.69) is 74.8 Å². The minimum absolute atomic E-state index is 0.185. The Morgan fingerprint density at radius 2 is 1.56 bits per heavy atom. The average molecular weight is 427 g/mol. The molecule has 3 rings (SSSR count). The van der Waals surface area contributed by atoms with Crippen LogP contribution >= 0.6 is 15.9 Å². The molecule has 2 aromatic rings. The highest BCUT2D eigenvalue weighted by atomic mass is 79.9. The molecule has 2 aromatic carbocycles. The Balaban J connectivity index is 2.02. The molecular formula is C24H27BrO2. The number of benzene rings is 2. The molecule has 142 valence electrons. The van der Waals surface area contributed by atoms with Gasteiger partial charge >= 0.3 is 5.97 Å². The van der Waals surface area contributed by atoms with Crippen LogP contribution in [0.1, 0.15) is 80.1 Å². The minimum atomic E-state index is -0.914. The lowest BCUT2D eigenvalue weighted by molar-refractivity contribution is 0.0697. The number of carbonyl (C=O) groups is 1. The van der Waals surface area contributed by atoms with Crippen LogP contribution in [0, 0.1) is 0 Å². The van der Waals surface area contributed by atoms with E-state index in [0.717, 1.165) is 10.0 Å². The first-order valence-corrected chi connectivity index (χ1v) is 10.2. The van der Waals surface area contributed by atoms with Crippen molar-refractivity contribution in [3.63, 3.8) is 0 Å². The second kappa shape index (κ2) is 6.94. The van der Waals surface area contributed by atoms with E-state index >= 15 is 0 Å². The molecule has 1 aliphatic carbocycles. The van der Waals surface area contributed by atoms with Crippen molar-refractivity contribution in [3.8, 4) is 0 Å². The Labute approximate surface area is 170 Å². The predicted molar refractivity (Wildman–Crippen MR) is 116 cm³/mol. The molecule has 3 heteroatoms. The Morgan fingerprint density at radius 1 is 0.963 bits per heavy atom. The average Bonchev–Trinajstić information content (AvgIpc) is 2.60. The number of carboxylic acid groups (broad SMARTS) is 1. The molecule has 2 nitrogen and oxygen atoms in total. The van der Waals surface area contributed by atoms with Gasteiger partial charge in [0, 0.05) is 4.47 Å². The van der Waals surface area contributed by atoms with Gasteiger partial charge in [0.15, 0.2) is 0 Å². The number of aromatic carboxylic acids is 1. The number of carboxylic acids is 1. The Morgan fingerprint density at radius 3 is 2.15 bits per heavy atom. The molecule has 0 fully saturated rings. The number of hydrogen-bond donors (Lipinski definition) is 1. The largest absolute Gasteiger partial charge is 0.478 e. The first-order valence-electron chi connectivity index (χ1n) is 9.38. The van der Waals surface area contributed by atoms with Crippen LogP contribution in [0.4, 0.5) is 0 Å². The third kappa shape index (κ3) is 3.89. The summed E-state index contributed by atoms with van der Waals surface area (Å²) in [6.45, 7) is 11.5. The van der Waals surface area contributed by atoms with Crippen molar-refractivity contribution in [2.24, 2.45) is 0 Å². The molecule has 0 heterocycles. The fourth-order valence-electron chi connectivity index (χ4n) is 3.93. The number of hydrogen-bond acceptors (Lipinski definition) is 1. The maximum absolute atomic E-state index is 11.1. The number of halogens is 1. The van der Waals surface area contributed by atoms with Crippen molar-refractivity contribution in [1.29, 1.82) is 0 Å². The van der Waals surface area contributed by atoms with Crippen molar-refractivity contribution >= 4 is 33.5 Å². The first-order chi connectivity index (χ1) is 12.5. The van der Waals surface area contributed by atoms with Crippen molar-refractivity contribution in [2.75, 3.05) is 0 Å². The van der Waals surface area contributed by atoms with Crippen LogP contribution < -0.4 is 0 Å². The Hall–Kier alpha value is -1.87. The fraction of sp³-hybridized carbons (Fsp3) is 0.375. The molecule has 0 unspecified atom stereocenters. The van der Waals surface area contributed by atoms with Gasteiger partial charge in [-0.1, -0.05) is 74.0 Å². The quantitative estimate of drug-likeness (QED) is 0.533. The monoisotopic (exact) mass is 426 g/mol. The van der Waals surface area contributed by atoms with E-state index in [4.69, 9.17) is 5.11 Å². The Kier molecular flexibility index (Phi) is 5.11. The summed E-state index contributed by atoms with van der Waals surface area (Å²) < 4.78 is 0.793. The van der Waals surface area contributed by atoms with E-state index in [1.807, 2.05) is 6.07 Å². The van der Waals surface area contributed by atoms with Gasteiger partial charge in [-0.3, -0.25) is 0 Å². The summed E-state index contributed by atoms with van der Waals surface area (Å²) in [6.07, 6.45) is 4.52. The SMILES string of the molecule is C/C(=C\c1ccc(C(=O)O)cc1Br)c1ccc2c(c1)C(C)(C)CCC2(C)C. The molecule has 0 saturated heterocycles. The molecule has 0 aliphatic heterocycles. The second-order valence-electron chi connectivity index (χ2n) is 8.90. The molecule has 1 aliphatic rings. The normalized spacial score (nSPS) is 18.1. The molecule has 27 heavy (non-hydrogen) atoms. The van der Waals surface area contributed by atoms with Gasteiger partial charge in [-0.2, -0.15) is 0 Å². The summed E-state index contributed by atoms with van der Waals surface area (Å²) in [5, 5.41) is 9.13. The molecule has 0 bridgehead atoms. The van der Waals surface area contributed by atoms with Gasteiger partial charge in [0.05, 0.1) is 5.56 Å². The third-order valence-corrected chi connectivity index (χ3v) is 6.61. The van der Waals surface area contributed by atoms with Crippen molar-refractivity contribution in [1.82, 2.24) is 0 Å². The van der Waals surface area contributed by atoms with E-state index in [1.165, 1.54) is 35.1 Å². The molecule has 1 N–H and O–H groups in total. The van der Waals surface area contributed by atoms with Gasteiger partial charge in [0.2, 0.25) is 0 Å². The first kappa shape index (κ1) is 19.9. The zero-order valence-electron chi connectivity index (χ0n) is 16.7. The lowest BCUT2D eigenvalue weighted by Gasteiger charge is -2.42. The molecule has 0 spiro atoms. The molecular weight excluding hydrogens is 400 g/mol. The van der Waals surface area contributed by atoms with E-state index in [9.17, 15) is 4.79 Å². The summed E-state index contributed by atoms with van der Waals surface area (Å²) in [4.78, 5) is 11.1. The summed E-state index contributed by atoms with van der Waals surface area (Å²) >= 11 is 3.50. The zero-order chi connectivity index (χ0) is 20.0. The molecule has 0 amide bonds. The van der Waals surface area contributed by atoms with Gasteiger partial charge in [0.25, 0.3) is 0 Å². The van der Waals surface area contributed by atoms with Crippen LogP contribution in [-0.4, -0.2) is 11.1 Å². The summed E-state index contributed by atoms with van der Waals surface area (Å²) in [6, 6.07) is 12.0. The number of fused-ring (bicyclic) bond motifs is 1. The van der Waals surface area contributed by atoms with Gasteiger partial charge in [-0.15, -0.1) is 0 Å². The molecule has 0 saturated carbocycles. The molecule has 0 atom stereocenters. The Bertz CT molecular complexity index is 935. The fourth-order valence-corrected chi connectivity index (χ4v) is 4.42. The maximum Gasteiger partial charge on any atom is 0.335 e. The second-order valence-corrected chi connectivity index (χ2v) is 9.75. The summed E-state index contributed by atoms with van der Waals surface area (Å²) in [5.74, 6) is -0.914. The number of allylic oxidation sites excluding steroid dienone is 1. The summed E-state index contributed by atoms with van der Waals surface area (Å²) in [7, 11) is 0. The van der Waals surface area contributed by atoms with Crippen LogP contribution in [0.15, 0.2) is 40.9 Å². The van der Waals surface area contributed by atoms with Crippen molar-refractivity contribution in [2.45, 2.75) is 58.3 Å². The van der Waals surface area contributed by atoms with Crippen LogP contribution in [0.3, 0.4) is 0 Å². The van der Waals surface area contributed by atoms with Crippen LogP contribution in [0.5, 0.6) is 0 Å². The van der Waals surface area contributed by atoms with Gasteiger partial charge < -0.3 is 5.11 Å². The van der Waals surface area contributed by atoms with Crippen LogP contribution in [-0.2, 0) is 10.8 Å². The van der Waals surface area contributed by atoms with Crippen molar-refractivity contribution in [3.05, 3.63) is 68.7 Å². The maximum atomic E-state index is 11.1. The topological polar surface area (TPSA) is 37.3 Å². The van der Waals surface area contributed by atoms with Crippen LogP contribution in [0.25, 0.3) is 11.6 Å². The van der Waals surface area contributed by atoms with Crippen molar-refractivity contribution < 1.29 is 9.90 Å². The third-order valence-electron chi connectivity index (χ3n) is 5.93. The van der Waals surface area contributed by atoms with E-state index in [0.29, 0.717) is 0 Å². The zero-order valence-corrected chi connectivity index (χ0v) is 18.3. The molecule has 0 aromatic heterocycles. The van der Waals surface area contributed by atoms with Gasteiger partial charge in [0.1, 0.15) is 0 Å². The standard InChI is InChI=1S/C24H27BrO2/c1-15(12-17-6-7-18(22(26)27)14-21(17)25)16-8-9-19-20(13-16)24(4,5)11-10-23(19,2)3/h6-9,12-14H,10-11H2,1-5H3,(H,26,27)/b15-12+. The van der Waals surface area contributed by atoms with E-state index < -0.39 is 5.97 Å². The summed E-state index contributed by atoms with van der Waals surface area (Å²) in [5.41, 5.74) is 6.96. The predicted octanol–water partition coefficient (Wildman–Crippen LogP) is 7.06. The highest BCUT2D eigenvalue weighted by Gasteiger charge is 2.36. The van der Waals surface area contributed by atoms with E-state index in [-0.39, 0.29) is 16.4 Å². The molecule has 0 radical (unpaired) electrons. The minimum Gasteiger partial charge on any atom is -0.478 e. The van der Waals surface area contributed by atoms with E-state index in [1.54, 1.807) is 12.1 Å². The van der Waals surface area contributed by atoms with Gasteiger partial charge in [-0.25, -0.2) is 4.79 Å². The van der Waals surface area contributed by atoms with Gasteiger partial charge in [-0.05, 0) is 70.6 Å². The number of rotatable bonds is 3. The smallest absolute Gasteiger partial charge is 0.335 e. The highest BCUT2D eigenvalue weighted by molar-refractivity contribution is 9.10. The lowest BCUT2D eigenvalue weighted by atomic mass is 9.63. The lowest BCUT2D eigenvalue weighted by Crippen LogP contribution is -2.33.